The van der Waals surface area contributed by atoms with E-state index in [1.165, 1.54) is 19.3 Å². The molecule has 0 radical (unpaired) electrons. The molecule has 0 unspecified atom stereocenters. The van der Waals surface area contributed by atoms with Crippen LogP contribution >= 0.6 is 23.4 Å². The van der Waals surface area contributed by atoms with Crippen molar-refractivity contribution in [3.63, 3.8) is 0 Å². The third-order valence-corrected chi connectivity index (χ3v) is 5.52. The van der Waals surface area contributed by atoms with Crippen LogP contribution in [0.2, 0.25) is 5.02 Å². The predicted octanol–water partition coefficient (Wildman–Crippen LogP) is 4.56. The molecule has 0 N–H and O–H groups in total. The van der Waals surface area contributed by atoms with Crippen LogP contribution in [0.4, 0.5) is 0 Å². The highest BCUT2D eigenvalue weighted by molar-refractivity contribution is 7.99. The van der Waals surface area contributed by atoms with Crippen LogP contribution in [0.3, 0.4) is 0 Å². The second kappa shape index (κ2) is 7.17. The summed E-state index contributed by atoms with van der Waals surface area (Å²) < 4.78 is 8.07. The largest absolute Gasteiger partial charge is 0.419 e. The van der Waals surface area contributed by atoms with Crippen molar-refractivity contribution in [2.75, 3.05) is 0 Å². The summed E-state index contributed by atoms with van der Waals surface area (Å²) in [4.78, 5) is 0. The smallest absolute Gasteiger partial charge is 0.247 e. The fourth-order valence-electron chi connectivity index (χ4n) is 2.89. The van der Waals surface area contributed by atoms with Gasteiger partial charge in [-0.1, -0.05) is 35.9 Å². The molecule has 1 aromatic carbocycles. The molecule has 1 atom stereocenters. The number of nitrogens with zero attached hydrogens (tertiary/aromatic N) is 5. The predicted molar refractivity (Wildman–Crippen MR) is 96.6 cm³/mol. The first-order valence-corrected chi connectivity index (χ1v) is 9.64. The zero-order valence-corrected chi connectivity index (χ0v) is 15.4. The molecular weight excluding hydrogens is 358 g/mol. The first-order valence-electron chi connectivity index (χ1n) is 8.39. The van der Waals surface area contributed by atoms with Crippen molar-refractivity contribution in [2.45, 2.75) is 49.6 Å². The van der Waals surface area contributed by atoms with E-state index in [4.69, 9.17) is 16.0 Å². The van der Waals surface area contributed by atoms with Crippen LogP contribution in [0.15, 0.2) is 33.8 Å². The molecule has 2 aromatic heterocycles. The number of aryl methyl sites for hydroxylation is 1. The highest BCUT2D eigenvalue weighted by Crippen LogP contribution is 2.35. The van der Waals surface area contributed by atoms with E-state index in [-0.39, 0.29) is 5.25 Å². The fraction of sp³-hybridized carbons (Fsp3) is 0.412. The standard InChI is InChI=1S/C17H18ClN5OS/c1-11(25-17-22-19-14-8-3-2-4-9-23(14)17)15-20-21-16(24-15)12-6-5-7-13(18)10-12/h5-7,10-11H,2-4,8-9H2,1H3/t11-/m0/s1. The average Bonchev–Trinajstić information content (AvgIpc) is 3.17. The van der Waals surface area contributed by atoms with E-state index < -0.39 is 0 Å². The summed E-state index contributed by atoms with van der Waals surface area (Å²) in [6.45, 7) is 3.02. The Morgan fingerprint density at radius 1 is 1.16 bits per heavy atom. The first kappa shape index (κ1) is 16.6. The van der Waals surface area contributed by atoms with E-state index in [2.05, 4.69) is 25.0 Å². The van der Waals surface area contributed by atoms with Crippen LogP contribution in [0.5, 0.6) is 0 Å². The highest BCUT2D eigenvalue weighted by atomic mass is 35.5. The monoisotopic (exact) mass is 375 g/mol. The topological polar surface area (TPSA) is 69.6 Å². The van der Waals surface area contributed by atoms with Crippen molar-refractivity contribution >= 4 is 23.4 Å². The van der Waals surface area contributed by atoms with E-state index in [9.17, 15) is 0 Å². The Morgan fingerprint density at radius 3 is 2.96 bits per heavy atom. The van der Waals surface area contributed by atoms with E-state index in [0.29, 0.717) is 16.8 Å². The Labute approximate surface area is 155 Å². The molecular formula is C17H18ClN5OS. The van der Waals surface area contributed by atoms with Crippen LogP contribution in [0.1, 0.15) is 43.2 Å². The number of hydrogen-bond donors (Lipinski definition) is 0. The van der Waals surface area contributed by atoms with Gasteiger partial charge in [0.05, 0.1) is 5.25 Å². The molecule has 0 fully saturated rings. The summed E-state index contributed by atoms with van der Waals surface area (Å²) in [7, 11) is 0. The number of benzene rings is 1. The Morgan fingerprint density at radius 2 is 2.08 bits per heavy atom. The van der Waals surface area contributed by atoms with E-state index in [1.54, 1.807) is 11.8 Å². The second-order valence-electron chi connectivity index (χ2n) is 6.08. The second-order valence-corrected chi connectivity index (χ2v) is 7.82. The summed E-state index contributed by atoms with van der Waals surface area (Å²) >= 11 is 7.63. The maximum absolute atomic E-state index is 6.03. The molecule has 0 amide bonds. The third kappa shape index (κ3) is 3.57. The Balaban J connectivity index is 1.52. The van der Waals surface area contributed by atoms with Crippen molar-refractivity contribution < 1.29 is 4.42 Å². The van der Waals surface area contributed by atoms with Gasteiger partial charge in [-0.3, -0.25) is 0 Å². The van der Waals surface area contributed by atoms with Gasteiger partial charge in [-0.2, -0.15) is 0 Å². The molecule has 8 heteroatoms. The lowest BCUT2D eigenvalue weighted by atomic mass is 10.2. The molecule has 3 aromatic rings. The van der Waals surface area contributed by atoms with Gasteiger partial charge in [0.25, 0.3) is 0 Å². The maximum atomic E-state index is 6.03. The summed E-state index contributed by atoms with van der Waals surface area (Å²) in [6, 6.07) is 7.40. The van der Waals surface area contributed by atoms with Gasteiger partial charge in [-0.05, 0) is 38.0 Å². The average molecular weight is 376 g/mol. The first-order chi connectivity index (χ1) is 12.2. The quantitative estimate of drug-likeness (QED) is 0.622. The van der Waals surface area contributed by atoms with Gasteiger partial charge in [0, 0.05) is 23.6 Å². The van der Waals surface area contributed by atoms with E-state index >= 15 is 0 Å². The molecule has 25 heavy (non-hydrogen) atoms. The molecule has 0 aliphatic carbocycles. The summed E-state index contributed by atoms with van der Waals surface area (Å²) in [6.07, 6.45) is 4.61. The van der Waals surface area contributed by atoms with Crippen LogP contribution < -0.4 is 0 Å². The molecule has 130 valence electrons. The normalized spacial score (nSPS) is 15.6. The minimum Gasteiger partial charge on any atom is -0.419 e. The zero-order valence-electron chi connectivity index (χ0n) is 13.9. The van der Waals surface area contributed by atoms with Gasteiger partial charge < -0.3 is 8.98 Å². The molecule has 0 spiro atoms. The van der Waals surface area contributed by atoms with E-state index in [0.717, 1.165) is 29.5 Å². The molecule has 0 bridgehead atoms. The lowest BCUT2D eigenvalue weighted by molar-refractivity contribution is 0.508. The SMILES string of the molecule is C[C@H](Sc1nnc2n1CCCCC2)c1nnc(-c2cccc(Cl)c2)o1. The Hall–Kier alpha value is -1.86. The number of rotatable bonds is 4. The maximum Gasteiger partial charge on any atom is 0.247 e. The van der Waals surface area contributed by atoms with E-state index in [1.807, 2.05) is 31.2 Å². The van der Waals surface area contributed by atoms with Crippen LogP contribution in [-0.2, 0) is 13.0 Å². The lowest BCUT2D eigenvalue weighted by Gasteiger charge is -2.09. The summed E-state index contributed by atoms with van der Waals surface area (Å²) in [5.41, 5.74) is 0.819. The van der Waals surface area contributed by atoms with Gasteiger partial charge in [-0.15, -0.1) is 20.4 Å². The minimum atomic E-state index is -0.00279. The number of halogens is 1. The van der Waals surface area contributed by atoms with Crippen molar-refractivity contribution in [1.82, 2.24) is 25.0 Å². The van der Waals surface area contributed by atoms with Crippen molar-refractivity contribution in [2.24, 2.45) is 0 Å². The van der Waals surface area contributed by atoms with Gasteiger partial charge in [0.2, 0.25) is 11.8 Å². The van der Waals surface area contributed by atoms with Crippen LogP contribution in [0.25, 0.3) is 11.5 Å². The van der Waals surface area contributed by atoms with Gasteiger partial charge in [-0.25, -0.2) is 0 Å². The third-order valence-electron chi connectivity index (χ3n) is 4.22. The van der Waals surface area contributed by atoms with Gasteiger partial charge in [0.15, 0.2) is 5.16 Å². The summed E-state index contributed by atoms with van der Waals surface area (Å²) in [5, 5.41) is 18.6. The number of aromatic nitrogens is 5. The lowest BCUT2D eigenvalue weighted by Crippen LogP contribution is -2.03. The number of hydrogen-bond acceptors (Lipinski definition) is 6. The molecule has 4 rings (SSSR count). The van der Waals surface area contributed by atoms with Crippen molar-refractivity contribution in [3.05, 3.63) is 41.0 Å². The van der Waals surface area contributed by atoms with Crippen molar-refractivity contribution in [3.8, 4) is 11.5 Å². The Kier molecular flexibility index (Phi) is 4.76. The van der Waals surface area contributed by atoms with Crippen LogP contribution in [0, 0.1) is 0 Å². The molecule has 0 saturated heterocycles. The van der Waals surface area contributed by atoms with Gasteiger partial charge in [0.1, 0.15) is 5.82 Å². The molecule has 1 aliphatic heterocycles. The fourth-order valence-corrected chi connectivity index (χ4v) is 4.01. The zero-order chi connectivity index (χ0) is 17.2. The van der Waals surface area contributed by atoms with Crippen molar-refractivity contribution in [1.29, 1.82) is 0 Å². The number of fused-ring (bicyclic) bond motifs is 1. The molecule has 0 saturated carbocycles. The summed E-state index contributed by atoms with van der Waals surface area (Å²) in [5.74, 6) is 2.13. The number of thioether (sulfide) groups is 1. The molecule has 3 heterocycles. The molecule has 1 aliphatic rings. The highest BCUT2D eigenvalue weighted by Gasteiger charge is 2.21. The minimum absolute atomic E-state index is 0.00279. The van der Waals surface area contributed by atoms with Gasteiger partial charge >= 0.3 is 0 Å². The Bertz CT molecular complexity index is 878. The van der Waals surface area contributed by atoms with Crippen LogP contribution in [-0.4, -0.2) is 25.0 Å². The molecule has 6 nitrogen and oxygen atoms in total.